The maximum Gasteiger partial charge on any atom is 0.326 e. The van der Waals surface area contributed by atoms with Gasteiger partial charge in [0.1, 0.15) is 72.5 Å². The van der Waals surface area contributed by atoms with Crippen molar-refractivity contribution in [3.8, 4) is 0 Å². The fourth-order valence-electron chi connectivity index (χ4n) is 11.3. The van der Waals surface area contributed by atoms with E-state index in [4.69, 9.17) is 5.73 Å². The number of rotatable bonds is 34. The van der Waals surface area contributed by atoms with Gasteiger partial charge in [-0.25, -0.2) is 9.78 Å². The van der Waals surface area contributed by atoms with Crippen molar-refractivity contribution in [1.29, 1.82) is 0 Å². The first kappa shape index (κ1) is 90.8. The molecule has 0 saturated carbocycles. The van der Waals surface area contributed by atoms with Crippen LogP contribution in [0.3, 0.4) is 0 Å². The molecule has 12 atom stereocenters. The van der Waals surface area contributed by atoms with Crippen LogP contribution in [0.15, 0.2) is 12.5 Å². The molecule has 0 aliphatic carbocycles. The summed E-state index contributed by atoms with van der Waals surface area (Å²) in [7, 11) is 0. The minimum absolute atomic E-state index is 0.0418. The van der Waals surface area contributed by atoms with Gasteiger partial charge in [-0.2, -0.15) is 0 Å². The highest BCUT2D eigenvalue weighted by Gasteiger charge is 2.41. The Morgan fingerprint density at radius 2 is 1.06 bits per heavy atom. The molecule has 17 amide bonds. The highest BCUT2D eigenvalue weighted by molar-refractivity contribution is 6.01. The van der Waals surface area contributed by atoms with Crippen LogP contribution in [0.2, 0.25) is 0 Å². The van der Waals surface area contributed by atoms with Gasteiger partial charge in [0.2, 0.25) is 100 Å². The molecule has 40 heteroatoms. The van der Waals surface area contributed by atoms with E-state index in [1.807, 2.05) is 0 Å². The number of aromatic nitrogens is 2. The molecule has 107 heavy (non-hydrogen) atoms. The Labute approximate surface area is 619 Å². The number of aromatic amines is 1. The number of carbonyl (C=O) groups excluding carboxylic acids is 17. The van der Waals surface area contributed by atoms with Gasteiger partial charge in [0, 0.05) is 31.3 Å². The molecule has 598 valence electrons. The molecule has 1 aromatic rings. The quantitative estimate of drug-likeness (QED) is 0.0305. The summed E-state index contributed by atoms with van der Waals surface area (Å²) in [6.45, 7) is 13.2. The molecular formula is C67H109N19O21. The second-order valence-electron chi connectivity index (χ2n) is 28.5. The average Bonchev–Trinajstić information content (AvgIpc) is 1.69. The van der Waals surface area contributed by atoms with Gasteiger partial charge in [-0.05, 0) is 87.9 Å². The lowest BCUT2D eigenvalue weighted by Crippen LogP contribution is -2.60. The molecule has 21 N–H and O–H groups in total. The molecule has 3 heterocycles. The van der Waals surface area contributed by atoms with Crippen LogP contribution in [0.25, 0.3) is 0 Å². The molecule has 2 fully saturated rings. The average molecular weight is 1520 g/mol. The van der Waals surface area contributed by atoms with E-state index in [9.17, 15) is 102 Å². The van der Waals surface area contributed by atoms with Gasteiger partial charge >= 0.3 is 5.97 Å². The first-order valence-corrected chi connectivity index (χ1v) is 35.6. The van der Waals surface area contributed by atoms with Crippen LogP contribution in [0.5, 0.6) is 0 Å². The number of nitrogens with zero attached hydrogens (tertiary/aromatic N) is 2. The zero-order valence-electron chi connectivity index (χ0n) is 62.4. The third-order valence-electron chi connectivity index (χ3n) is 16.6. The summed E-state index contributed by atoms with van der Waals surface area (Å²) in [5.41, 5.74) is 5.60. The maximum atomic E-state index is 14.7. The maximum absolute atomic E-state index is 14.7. The Kier molecular flexibility index (Phi) is 38.3. The third-order valence-corrected chi connectivity index (χ3v) is 16.6. The molecule has 2 saturated heterocycles. The second-order valence-corrected chi connectivity index (χ2v) is 28.5. The number of fused-ring (bicyclic) bond motifs is 1. The van der Waals surface area contributed by atoms with Crippen LogP contribution >= 0.6 is 0 Å². The number of carboxylic acids is 1. The molecule has 40 nitrogen and oxygen atoms in total. The standard InChI is InChI=1S/C67H109N19O21/c1-32(2)17-40(58(97)72-25-52(91)70-26-53(92)78-44(22-38-24-69-31-74-38)62(101)85-47(29-87)64(103)82-43(20-35(7)8)61(100)84-46(67(106)107)21-36(9)10)80-60(99)42(19-34(5)6)81-63(102)45-23-51(90)77-41(18-33(3)4)59(98)75-37(11)56(95)71-27-54(93)76-39(14-15-50(68)89)57(96)73-28-55(94)79-48(30-88)66(105)86-16-12-13-49(86)65(104)83-45/h24,31-37,39-49,87-88H,12-23,25-30H2,1-11H3,(H2,68,89)(H,69,74)(H,70,91)(H,71,95)(H,72,97)(H,73,96)(H,75,98)(H,76,93)(H,77,90)(H,78,92)(H,79,94)(H,80,99)(H,81,102)(H,82,103)(H,83,104)(H,84,100)(H,85,101)(H,106,107). The highest BCUT2D eigenvalue weighted by Crippen LogP contribution is 2.20. The lowest BCUT2D eigenvalue weighted by Gasteiger charge is -2.30. The number of aliphatic hydroxyl groups excluding tert-OH is 2. The van der Waals surface area contributed by atoms with Crippen molar-refractivity contribution in [2.45, 2.75) is 219 Å². The number of H-pyrrole nitrogens is 1. The Morgan fingerprint density at radius 3 is 1.59 bits per heavy atom. The summed E-state index contributed by atoms with van der Waals surface area (Å²) < 4.78 is 0. The predicted molar refractivity (Wildman–Crippen MR) is 378 cm³/mol. The smallest absolute Gasteiger partial charge is 0.326 e. The van der Waals surface area contributed by atoms with Crippen LogP contribution in [-0.2, 0) is 92.7 Å². The lowest BCUT2D eigenvalue weighted by atomic mass is 9.99. The Balaban J connectivity index is 1.87. The summed E-state index contributed by atoms with van der Waals surface area (Å²) in [5, 5.41) is 66.5. The molecule has 2 aliphatic heterocycles. The normalized spacial score (nSPS) is 20.6. The molecule has 0 bridgehead atoms. The highest BCUT2D eigenvalue weighted by atomic mass is 16.4. The molecule has 3 rings (SSSR count). The number of nitrogens with two attached hydrogens (primary N) is 1. The number of hydrogen-bond donors (Lipinski definition) is 20. The van der Waals surface area contributed by atoms with Crippen LogP contribution in [0.4, 0.5) is 0 Å². The molecule has 2 aliphatic rings. The van der Waals surface area contributed by atoms with Crippen LogP contribution in [0.1, 0.15) is 146 Å². The van der Waals surface area contributed by atoms with Crippen molar-refractivity contribution in [2.24, 2.45) is 35.3 Å². The van der Waals surface area contributed by atoms with Crippen molar-refractivity contribution in [2.75, 3.05) is 45.9 Å². The van der Waals surface area contributed by atoms with E-state index in [1.54, 1.807) is 69.2 Å². The monoisotopic (exact) mass is 1520 g/mol. The number of nitrogens with one attached hydrogen (secondary N) is 16. The van der Waals surface area contributed by atoms with Gasteiger partial charge in [0.15, 0.2) is 0 Å². The van der Waals surface area contributed by atoms with Crippen molar-refractivity contribution < 1.29 is 102 Å². The molecule has 0 aromatic carbocycles. The van der Waals surface area contributed by atoms with E-state index < -0.39 is 231 Å². The number of carbonyl (C=O) groups is 18. The number of primary amides is 1. The first-order chi connectivity index (χ1) is 50.2. The third kappa shape index (κ3) is 32.9. The minimum atomic E-state index is -1.90. The van der Waals surface area contributed by atoms with Crippen LogP contribution < -0.4 is 85.5 Å². The summed E-state index contributed by atoms with van der Waals surface area (Å²) >= 11 is 0. The summed E-state index contributed by atoms with van der Waals surface area (Å²) in [6, 6.07) is -18.0. The van der Waals surface area contributed by atoms with E-state index in [0.717, 1.165) is 4.90 Å². The van der Waals surface area contributed by atoms with Crippen molar-refractivity contribution in [3.63, 3.8) is 0 Å². The van der Waals surface area contributed by atoms with Crippen molar-refractivity contribution in [3.05, 3.63) is 18.2 Å². The largest absolute Gasteiger partial charge is 0.480 e. The predicted octanol–water partition coefficient (Wildman–Crippen LogP) is -7.27. The van der Waals surface area contributed by atoms with Gasteiger partial charge in [-0.15, -0.1) is 0 Å². The Morgan fingerprint density at radius 1 is 0.551 bits per heavy atom. The number of carboxylic acid groups (broad SMARTS) is 1. The topological polar surface area (TPSA) is 606 Å². The minimum Gasteiger partial charge on any atom is -0.480 e. The van der Waals surface area contributed by atoms with E-state index in [1.165, 1.54) is 19.4 Å². The molecular weight excluding hydrogens is 1410 g/mol. The zero-order chi connectivity index (χ0) is 80.5. The van der Waals surface area contributed by atoms with Crippen molar-refractivity contribution in [1.82, 2.24) is 94.6 Å². The zero-order valence-corrected chi connectivity index (χ0v) is 62.4. The fourth-order valence-corrected chi connectivity index (χ4v) is 11.3. The lowest BCUT2D eigenvalue weighted by molar-refractivity contribution is -0.143. The van der Waals surface area contributed by atoms with Gasteiger partial charge in [-0.1, -0.05) is 69.2 Å². The number of aliphatic carboxylic acids is 1. The van der Waals surface area contributed by atoms with Gasteiger partial charge in [0.25, 0.3) is 0 Å². The van der Waals surface area contributed by atoms with Gasteiger partial charge in [-0.3, -0.25) is 81.5 Å². The first-order valence-electron chi connectivity index (χ1n) is 35.6. The fraction of sp³-hybridized carbons (Fsp3) is 0.687. The van der Waals surface area contributed by atoms with Crippen LogP contribution in [0, 0.1) is 29.6 Å². The number of imidazole rings is 1. The summed E-state index contributed by atoms with van der Waals surface area (Å²) in [6.07, 6.45) is 0.681. The molecule has 12 unspecified atom stereocenters. The van der Waals surface area contributed by atoms with Crippen molar-refractivity contribution >= 4 is 106 Å². The SMILES string of the molecule is CC(C)CC(NC(=O)C(CC(C)C)NC(=O)C(CO)NC(=O)C(Cc1cnc[nH]1)NC(=O)CNC(=O)CNC(=O)C(CC(C)C)NC(=O)C(CC(C)C)NC(=O)C1CC(=O)NC(CC(C)C)C(=O)NC(C)C(=O)NCC(=O)NC(CCC(N)=O)C(=O)NCC(=O)NC(CO)C(=O)N2CCCC2C(=O)N1)C(=O)O. The van der Waals surface area contributed by atoms with Crippen LogP contribution in [-0.4, -0.2) is 255 Å². The Bertz CT molecular complexity index is 3290. The molecule has 0 radical (unpaired) electrons. The van der Waals surface area contributed by atoms with E-state index in [-0.39, 0.29) is 93.9 Å². The number of hydrogen-bond acceptors (Lipinski definition) is 21. The Hall–Kier alpha value is -10.4. The molecule has 1 aromatic heterocycles. The van der Waals surface area contributed by atoms with E-state index in [0.29, 0.717) is 5.69 Å². The van der Waals surface area contributed by atoms with E-state index >= 15 is 0 Å². The summed E-state index contributed by atoms with van der Waals surface area (Å²) in [5.74, 6) is -19.0. The summed E-state index contributed by atoms with van der Waals surface area (Å²) in [4.78, 5) is 251. The van der Waals surface area contributed by atoms with E-state index in [2.05, 4.69) is 89.7 Å². The molecule has 0 spiro atoms. The van der Waals surface area contributed by atoms with Gasteiger partial charge < -0.3 is 111 Å². The number of amides is 17. The number of aliphatic hydroxyl groups is 2. The second kappa shape index (κ2) is 45.2. The van der Waals surface area contributed by atoms with Gasteiger partial charge in [0.05, 0.1) is 52.1 Å².